The molecule has 5 heteroatoms. The maximum Gasteiger partial charge on any atom is 0.204 e. The first-order chi connectivity index (χ1) is 10.8. The van der Waals surface area contributed by atoms with Gasteiger partial charge in [-0.2, -0.15) is 0 Å². The van der Waals surface area contributed by atoms with Crippen molar-refractivity contribution in [1.29, 1.82) is 0 Å². The molecule has 1 saturated carbocycles. The Bertz CT molecular complexity index is 650. The van der Waals surface area contributed by atoms with Gasteiger partial charge in [0, 0.05) is 23.8 Å². The lowest BCUT2D eigenvalue weighted by molar-refractivity contribution is -0.201. The van der Waals surface area contributed by atoms with Gasteiger partial charge in [-0.05, 0) is 23.9 Å². The topological polar surface area (TPSA) is 48.7 Å². The lowest BCUT2D eigenvalue weighted by Gasteiger charge is -2.48. The van der Waals surface area contributed by atoms with Crippen molar-refractivity contribution in [3.8, 4) is 0 Å². The molecule has 1 saturated heterocycles. The fourth-order valence-corrected chi connectivity index (χ4v) is 6.16. The predicted octanol–water partition coefficient (Wildman–Crippen LogP) is 3.11. The van der Waals surface area contributed by atoms with Crippen molar-refractivity contribution in [1.82, 2.24) is 0 Å². The molecule has 4 nitrogen and oxygen atoms in total. The summed E-state index contributed by atoms with van der Waals surface area (Å²) < 4.78 is 17.6. The minimum atomic E-state index is -1.52. The van der Waals surface area contributed by atoms with Crippen LogP contribution in [0, 0.1) is 11.3 Å². The van der Waals surface area contributed by atoms with Crippen molar-refractivity contribution in [2.24, 2.45) is 11.3 Å². The van der Waals surface area contributed by atoms with Crippen LogP contribution >= 0.6 is 0 Å². The number of ketones is 1. The molecule has 0 amide bonds. The fourth-order valence-electron chi connectivity index (χ4n) is 4.62. The van der Waals surface area contributed by atoms with Gasteiger partial charge in [0.25, 0.3) is 0 Å². The van der Waals surface area contributed by atoms with Crippen molar-refractivity contribution in [2.45, 2.75) is 58.0 Å². The maximum absolute atomic E-state index is 13.2. The van der Waals surface area contributed by atoms with Gasteiger partial charge < -0.3 is 13.9 Å². The number of fused-ring (bicyclic) bond motifs is 2. The summed E-state index contributed by atoms with van der Waals surface area (Å²) in [4.78, 5) is 13.2. The van der Waals surface area contributed by atoms with Crippen LogP contribution in [-0.4, -0.2) is 32.9 Å². The quantitative estimate of drug-likeness (QED) is 0.741. The molecule has 1 aliphatic heterocycles. The number of hydrogen-bond acceptors (Lipinski definition) is 4. The van der Waals surface area contributed by atoms with E-state index in [0.717, 1.165) is 25.7 Å². The van der Waals surface area contributed by atoms with Crippen molar-refractivity contribution < 1.29 is 18.7 Å². The van der Waals surface area contributed by atoms with Crippen LogP contribution in [0.3, 0.4) is 0 Å². The van der Waals surface area contributed by atoms with Crippen LogP contribution in [0.5, 0.6) is 0 Å². The van der Waals surface area contributed by atoms with Gasteiger partial charge in [-0.25, -0.2) is 0 Å². The summed E-state index contributed by atoms with van der Waals surface area (Å²) in [6.07, 6.45) is 5.22. The fraction of sp³-hybridized carbons (Fsp3) is 0.722. The number of ether oxygens (including phenoxy) is 2. The van der Waals surface area contributed by atoms with Gasteiger partial charge in [0.1, 0.15) is 0 Å². The highest BCUT2D eigenvalue weighted by molar-refractivity contribution is 6.89. The maximum atomic E-state index is 13.2. The zero-order valence-corrected chi connectivity index (χ0v) is 15.5. The van der Waals surface area contributed by atoms with E-state index >= 15 is 0 Å². The summed E-state index contributed by atoms with van der Waals surface area (Å²) >= 11 is 0. The molecular weight excluding hydrogens is 308 g/mol. The van der Waals surface area contributed by atoms with E-state index in [1.54, 1.807) is 0 Å². The van der Waals surface area contributed by atoms with Crippen LogP contribution in [0.1, 0.15) is 42.3 Å². The van der Waals surface area contributed by atoms with Crippen LogP contribution in [0.25, 0.3) is 0 Å². The average Bonchev–Trinajstić information content (AvgIpc) is 3.09. The second kappa shape index (κ2) is 4.80. The summed E-state index contributed by atoms with van der Waals surface area (Å²) in [7, 11) is -1.52. The molecule has 2 fully saturated rings. The smallest absolute Gasteiger partial charge is 0.204 e. The molecule has 2 atom stereocenters. The first kappa shape index (κ1) is 15.6. The molecule has 2 aliphatic carbocycles. The van der Waals surface area contributed by atoms with E-state index in [9.17, 15) is 4.79 Å². The van der Waals surface area contributed by atoms with Crippen molar-refractivity contribution in [3.05, 3.63) is 17.6 Å². The lowest BCUT2D eigenvalue weighted by Crippen LogP contribution is -2.52. The predicted molar refractivity (Wildman–Crippen MR) is 89.8 cm³/mol. The van der Waals surface area contributed by atoms with Gasteiger partial charge in [0.15, 0.2) is 11.5 Å². The third-order valence-electron chi connectivity index (χ3n) is 6.17. The number of rotatable bonds is 1. The zero-order valence-electron chi connectivity index (χ0n) is 14.5. The SMILES string of the molecule is C[C@]12CCC3(C[C@H]1Cc1c([Si](C)(C)C)coc1C2=O)OCCO3. The average molecular weight is 334 g/mol. The summed E-state index contributed by atoms with van der Waals surface area (Å²) in [6.45, 7) is 10.4. The van der Waals surface area contributed by atoms with E-state index in [4.69, 9.17) is 13.9 Å². The van der Waals surface area contributed by atoms with Crippen LogP contribution in [-0.2, 0) is 15.9 Å². The number of hydrogen-bond donors (Lipinski definition) is 0. The van der Waals surface area contributed by atoms with E-state index in [2.05, 4.69) is 26.6 Å². The Balaban J connectivity index is 1.74. The minimum absolute atomic E-state index is 0.195. The Labute approximate surface area is 138 Å². The second-order valence-electron chi connectivity index (χ2n) is 8.67. The molecule has 3 aliphatic rings. The molecular formula is C18H26O4Si. The molecule has 23 heavy (non-hydrogen) atoms. The Morgan fingerprint density at radius 3 is 2.52 bits per heavy atom. The van der Waals surface area contributed by atoms with Gasteiger partial charge >= 0.3 is 0 Å². The van der Waals surface area contributed by atoms with Gasteiger partial charge in [0.05, 0.1) is 27.6 Å². The molecule has 0 radical (unpaired) electrons. The minimum Gasteiger partial charge on any atom is -0.461 e. The van der Waals surface area contributed by atoms with E-state index in [-0.39, 0.29) is 17.1 Å². The highest BCUT2D eigenvalue weighted by Gasteiger charge is 2.56. The highest BCUT2D eigenvalue weighted by Crippen LogP contribution is 2.53. The number of furan rings is 1. The lowest BCUT2D eigenvalue weighted by atomic mass is 9.58. The Morgan fingerprint density at radius 1 is 1.17 bits per heavy atom. The van der Waals surface area contributed by atoms with Gasteiger partial charge in [-0.15, -0.1) is 0 Å². The van der Waals surface area contributed by atoms with Gasteiger partial charge in [-0.1, -0.05) is 26.6 Å². The normalized spacial score (nSPS) is 32.9. The number of carbonyl (C=O) groups is 1. The van der Waals surface area contributed by atoms with Crippen molar-refractivity contribution in [2.75, 3.05) is 13.2 Å². The third kappa shape index (κ3) is 2.20. The van der Waals surface area contributed by atoms with Crippen LogP contribution < -0.4 is 5.19 Å². The molecule has 1 aromatic rings. The summed E-state index contributed by atoms with van der Waals surface area (Å²) in [5.74, 6) is 0.666. The van der Waals surface area contributed by atoms with Crippen molar-refractivity contribution >= 4 is 19.0 Å². The Morgan fingerprint density at radius 2 is 1.87 bits per heavy atom. The first-order valence-corrected chi connectivity index (χ1v) is 12.2. The summed E-state index contributed by atoms with van der Waals surface area (Å²) in [6, 6.07) is 0. The molecule has 126 valence electrons. The monoisotopic (exact) mass is 334 g/mol. The standard InChI is InChI=1S/C18H26O4Si/c1-17-5-6-18(21-7-8-22-18)10-12(17)9-13-14(23(2,3)4)11-20-15(13)16(17)19/h11-12H,5-10H2,1-4H3/t12-,17+/m1/s1. The van der Waals surface area contributed by atoms with Gasteiger partial charge in [0.2, 0.25) is 5.78 Å². The first-order valence-electron chi connectivity index (χ1n) is 8.69. The molecule has 1 aromatic heterocycles. The highest BCUT2D eigenvalue weighted by atomic mass is 28.3. The Kier molecular flexibility index (Phi) is 3.26. The number of carbonyl (C=O) groups excluding carboxylic acids is 1. The molecule has 0 bridgehead atoms. The molecule has 0 unspecified atom stereocenters. The van der Waals surface area contributed by atoms with Crippen LogP contribution in [0.2, 0.25) is 19.6 Å². The van der Waals surface area contributed by atoms with E-state index < -0.39 is 13.9 Å². The van der Waals surface area contributed by atoms with Gasteiger partial charge in [-0.3, -0.25) is 4.79 Å². The molecule has 0 N–H and O–H groups in total. The van der Waals surface area contributed by atoms with Crippen LogP contribution in [0.15, 0.2) is 10.7 Å². The largest absolute Gasteiger partial charge is 0.461 e. The second-order valence-corrected chi connectivity index (χ2v) is 13.7. The molecule has 1 spiro atoms. The molecule has 2 heterocycles. The third-order valence-corrected chi connectivity index (χ3v) is 8.21. The van der Waals surface area contributed by atoms with Crippen molar-refractivity contribution in [3.63, 3.8) is 0 Å². The molecule has 4 rings (SSSR count). The summed E-state index contributed by atoms with van der Waals surface area (Å²) in [5.41, 5.74) is 0.842. The Hall–Kier alpha value is -0.913. The summed E-state index contributed by atoms with van der Waals surface area (Å²) in [5, 5.41) is 1.30. The zero-order chi connectivity index (χ0) is 16.5. The van der Waals surface area contributed by atoms with E-state index in [1.807, 2.05) is 6.26 Å². The van der Waals surface area contributed by atoms with E-state index in [1.165, 1.54) is 10.8 Å². The van der Waals surface area contributed by atoms with Crippen LogP contribution in [0.4, 0.5) is 0 Å². The van der Waals surface area contributed by atoms with E-state index in [0.29, 0.717) is 19.0 Å². The number of Topliss-reactive ketones (excluding diaryl/α,β-unsaturated/α-hetero) is 1. The molecule has 0 aromatic carbocycles.